The third-order valence-corrected chi connectivity index (χ3v) is 2.83. The first kappa shape index (κ1) is 13.7. The maximum atomic E-state index is 11.8. The molecule has 0 bridgehead atoms. The number of ether oxygens (including phenoxy) is 1. The molecular weight excluding hydrogens is 286 g/mol. The highest BCUT2D eigenvalue weighted by Gasteiger charge is 2.19. The highest BCUT2D eigenvalue weighted by atomic mass is 79.9. The molecular formula is C12H14BrNO3. The van der Waals surface area contributed by atoms with Gasteiger partial charge in [-0.2, -0.15) is 0 Å². The fourth-order valence-electron chi connectivity index (χ4n) is 1.31. The van der Waals surface area contributed by atoms with Crippen molar-refractivity contribution in [2.75, 3.05) is 7.11 Å². The molecule has 1 amide bonds. The van der Waals surface area contributed by atoms with Gasteiger partial charge in [0.15, 0.2) is 0 Å². The van der Waals surface area contributed by atoms with E-state index >= 15 is 0 Å². The van der Waals surface area contributed by atoms with E-state index in [1.165, 1.54) is 7.11 Å². The van der Waals surface area contributed by atoms with Crippen molar-refractivity contribution in [2.45, 2.75) is 19.4 Å². The van der Waals surface area contributed by atoms with E-state index in [1.54, 1.807) is 24.3 Å². The number of halogens is 1. The van der Waals surface area contributed by atoms with Crippen LogP contribution >= 0.6 is 15.9 Å². The third-order valence-electron chi connectivity index (χ3n) is 2.31. The zero-order chi connectivity index (χ0) is 12.8. The Morgan fingerprint density at radius 2 is 1.94 bits per heavy atom. The average Bonchev–Trinajstić information content (AvgIpc) is 2.35. The van der Waals surface area contributed by atoms with Crippen molar-refractivity contribution in [3.05, 3.63) is 34.3 Å². The number of carbonyl (C=O) groups is 2. The first-order valence-electron chi connectivity index (χ1n) is 5.22. The minimum absolute atomic E-state index is 0.283. The zero-order valence-corrected chi connectivity index (χ0v) is 11.3. The van der Waals surface area contributed by atoms with E-state index in [0.717, 1.165) is 4.47 Å². The largest absolute Gasteiger partial charge is 0.467 e. The molecule has 1 rings (SSSR count). The van der Waals surface area contributed by atoms with E-state index in [-0.39, 0.29) is 5.91 Å². The van der Waals surface area contributed by atoms with Gasteiger partial charge in [0.05, 0.1) is 7.11 Å². The molecule has 0 spiro atoms. The number of carbonyl (C=O) groups excluding carboxylic acids is 2. The van der Waals surface area contributed by atoms with E-state index in [4.69, 9.17) is 0 Å². The fraction of sp³-hybridized carbons (Fsp3) is 0.333. The number of benzene rings is 1. The molecule has 0 aliphatic heterocycles. The van der Waals surface area contributed by atoms with Gasteiger partial charge in [0, 0.05) is 10.0 Å². The number of hydrogen-bond donors (Lipinski definition) is 1. The van der Waals surface area contributed by atoms with Gasteiger partial charge in [-0.1, -0.05) is 22.9 Å². The van der Waals surface area contributed by atoms with Crippen LogP contribution in [0.3, 0.4) is 0 Å². The summed E-state index contributed by atoms with van der Waals surface area (Å²) in [4.78, 5) is 23.1. The summed E-state index contributed by atoms with van der Waals surface area (Å²) in [6.07, 6.45) is 0.495. The maximum absolute atomic E-state index is 11.8. The molecule has 1 aromatic carbocycles. The van der Waals surface area contributed by atoms with E-state index < -0.39 is 12.0 Å². The van der Waals surface area contributed by atoms with Gasteiger partial charge in [-0.25, -0.2) is 4.79 Å². The maximum Gasteiger partial charge on any atom is 0.328 e. The van der Waals surface area contributed by atoms with Crippen molar-refractivity contribution >= 4 is 27.8 Å². The topological polar surface area (TPSA) is 55.4 Å². The number of amides is 1. The second-order valence-corrected chi connectivity index (χ2v) is 4.38. The van der Waals surface area contributed by atoms with Crippen LogP contribution in [0.5, 0.6) is 0 Å². The summed E-state index contributed by atoms with van der Waals surface area (Å²) in [5.74, 6) is -0.715. The summed E-state index contributed by atoms with van der Waals surface area (Å²) in [6.45, 7) is 1.81. The molecule has 0 heterocycles. The third kappa shape index (κ3) is 3.85. The Kier molecular flexibility index (Phi) is 5.15. The Morgan fingerprint density at radius 3 is 2.41 bits per heavy atom. The van der Waals surface area contributed by atoms with E-state index in [9.17, 15) is 9.59 Å². The van der Waals surface area contributed by atoms with Crippen molar-refractivity contribution in [1.29, 1.82) is 0 Å². The molecule has 0 aliphatic carbocycles. The number of hydrogen-bond acceptors (Lipinski definition) is 3. The lowest BCUT2D eigenvalue weighted by Crippen LogP contribution is -2.40. The van der Waals surface area contributed by atoms with Gasteiger partial charge in [0.2, 0.25) is 0 Å². The standard InChI is InChI=1S/C12H14BrNO3/c1-3-10(12(16)17-2)14-11(15)8-4-6-9(13)7-5-8/h4-7,10H,3H2,1-2H3,(H,14,15)/t10-/m0/s1. The van der Waals surface area contributed by atoms with Gasteiger partial charge in [-0.15, -0.1) is 0 Å². The molecule has 0 radical (unpaired) electrons. The first-order valence-corrected chi connectivity index (χ1v) is 6.02. The Labute approximate surface area is 108 Å². The predicted molar refractivity (Wildman–Crippen MR) is 67.7 cm³/mol. The molecule has 1 aromatic rings. The quantitative estimate of drug-likeness (QED) is 0.867. The van der Waals surface area contributed by atoms with Crippen LogP contribution in [-0.4, -0.2) is 25.0 Å². The molecule has 1 N–H and O–H groups in total. The molecule has 4 nitrogen and oxygen atoms in total. The summed E-state index contributed by atoms with van der Waals surface area (Å²) in [7, 11) is 1.30. The summed E-state index contributed by atoms with van der Waals surface area (Å²) < 4.78 is 5.50. The molecule has 1 atom stereocenters. The van der Waals surface area contributed by atoms with E-state index in [2.05, 4.69) is 26.0 Å². The van der Waals surface area contributed by atoms with Crippen LogP contribution in [0.1, 0.15) is 23.7 Å². The van der Waals surface area contributed by atoms with Gasteiger partial charge < -0.3 is 10.1 Å². The van der Waals surface area contributed by atoms with E-state index in [1.807, 2.05) is 6.92 Å². The Balaban J connectivity index is 2.71. The lowest BCUT2D eigenvalue weighted by atomic mass is 10.1. The SMILES string of the molecule is CC[C@H](NC(=O)c1ccc(Br)cc1)C(=O)OC. The van der Waals surface area contributed by atoms with Crippen molar-refractivity contribution < 1.29 is 14.3 Å². The Hall–Kier alpha value is -1.36. The first-order chi connectivity index (χ1) is 8.08. The summed E-state index contributed by atoms with van der Waals surface area (Å²) in [6, 6.07) is 6.31. The molecule has 0 saturated heterocycles. The van der Waals surface area contributed by atoms with Gasteiger partial charge in [-0.3, -0.25) is 4.79 Å². The van der Waals surface area contributed by atoms with Gasteiger partial charge in [0.25, 0.3) is 5.91 Å². The number of rotatable bonds is 4. The lowest BCUT2D eigenvalue weighted by Gasteiger charge is -2.14. The van der Waals surface area contributed by atoms with Crippen molar-refractivity contribution in [2.24, 2.45) is 0 Å². The van der Waals surface area contributed by atoms with E-state index in [0.29, 0.717) is 12.0 Å². The Morgan fingerprint density at radius 1 is 1.35 bits per heavy atom. The number of esters is 1. The summed E-state index contributed by atoms with van der Waals surface area (Å²) in [5.41, 5.74) is 0.510. The molecule has 0 aliphatic rings. The smallest absolute Gasteiger partial charge is 0.328 e. The van der Waals surface area contributed by atoms with Crippen LogP contribution in [0.2, 0.25) is 0 Å². The van der Waals surface area contributed by atoms with Crippen molar-refractivity contribution in [3.63, 3.8) is 0 Å². The van der Waals surface area contributed by atoms with Crippen LogP contribution < -0.4 is 5.32 Å². The van der Waals surface area contributed by atoms with Gasteiger partial charge in [-0.05, 0) is 30.7 Å². The van der Waals surface area contributed by atoms with Crippen LogP contribution in [-0.2, 0) is 9.53 Å². The molecule has 5 heteroatoms. The highest BCUT2D eigenvalue weighted by Crippen LogP contribution is 2.10. The lowest BCUT2D eigenvalue weighted by molar-refractivity contribution is -0.142. The number of methoxy groups -OCH3 is 1. The molecule has 0 unspecified atom stereocenters. The number of nitrogens with one attached hydrogen (secondary N) is 1. The Bertz CT molecular complexity index is 403. The molecule has 92 valence electrons. The van der Waals surface area contributed by atoms with Crippen LogP contribution in [0.4, 0.5) is 0 Å². The van der Waals surface area contributed by atoms with Crippen molar-refractivity contribution in [1.82, 2.24) is 5.32 Å². The van der Waals surface area contributed by atoms with Crippen LogP contribution in [0.25, 0.3) is 0 Å². The minimum Gasteiger partial charge on any atom is -0.467 e. The van der Waals surface area contributed by atoms with Gasteiger partial charge in [0.1, 0.15) is 6.04 Å². The zero-order valence-electron chi connectivity index (χ0n) is 9.70. The second-order valence-electron chi connectivity index (χ2n) is 3.46. The molecule has 17 heavy (non-hydrogen) atoms. The predicted octanol–water partition coefficient (Wildman–Crippen LogP) is 2.13. The summed E-state index contributed by atoms with van der Waals surface area (Å²) in [5, 5.41) is 2.62. The van der Waals surface area contributed by atoms with Gasteiger partial charge >= 0.3 is 5.97 Å². The molecule has 0 fully saturated rings. The minimum atomic E-state index is -0.601. The summed E-state index contributed by atoms with van der Waals surface area (Å²) >= 11 is 3.29. The molecule has 0 aromatic heterocycles. The average molecular weight is 300 g/mol. The van der Waals surface area contributed by atoms with Crippen LogP contribution in [0.15, 0.2) is 28.7 Å². The monoisotopic (exact) mass is 299 g/mol. The molecule has 0 saturated carbocycles. The van der Waals surface area contributed by atoms with Crippen molar-refractivity contribution in [3.8, 4) is 0 Å². The second kappa shape index (κ2) is 6.39. The highest BCUT2D eigenvalue weighted by molar-refractivity contribution is 9.10. The van der Waals surface area contributed by atoms with Crippen LogP contribution in [0, 0.1) is 0 Å². The normalized spacial score (nSPS) is 11.7. The fourth-order valence-corrected chi connectivity index (χ4v) is 1.58.